The minimum absolute atomic E-state index is 0.0878. The van der Waals surface area contributed by atoms with Gasteiger partial charge in [-0.3, -0.25) is 4.90 Å². The summed E-state index contributed by atoms with van der Waals surface area (Å²) in [7, 11) is 1.70. The number of rotatable bonds is 6. The highest BCUT2D eigenvalue weighted by atomic mass is 16.5. The molecule has 0 aliphatic carbocycles. The zero-order valence-corrected chi connectivity index (χ0v) is 13.5. The Hall–Kier alpha value is -1.67. The Balaban J connectivity index is 1.78. The van der Waals surface area contributed by atoms with E-state index in [1.54, 1.807) is 7.11 Å². The summed E-state index contributed by atoms with van der Waals surface area (Å²) in [6, 6.07) is -0.373. The summed E-state index contributed by atoms with van der Waals surface area (Å²) in [5, 5.41) is 6.75. The number of ether oxygens (including phenoxy) is 1. The first kappa shape index (κ1) is 16.7. The Morgan fingerprint density at radius 2 is 2.14 bits per heavy atom. The third kappa shape index (κ3) is 4.41. The molecule has 1 aromatic heterocycles. The molecule has 1 N–H and O–H groups in total. The van der Waals surface area contributed by atoms with Crippen LogP contribution in [0.2, 0.25) is 0 Å². The molecule has 1 fully saturated rings. The van der Waals surface area contributed by atoms with Crippen LogP contribution in [0, 0.1) is 0 Å². The second-order valence-electron chi connectivity index (χ2n) is 5.40. The molecule has 1 aromatic rings. The van der Waals surface area contributed by atoms with E-state index in [0.717, 1.165) is 26.2 Å². The van der Waals surface area contributed by atoms with Gasteiger partial charge in [-0.05, 0) is 6.92 Å². The standard InChI is InChI=1S/C14H25N5O3/c1-4-12-16-13(22-17-12)11(2)15-14(20)19-7-5-18(6-8-19)9-10-21-3/h11H,4-10H2,1-3H3,(H,15,20)/t11-/m0/s1. The minimum atomic E-state index is -0.285. The lowest BCUT2D eigenvalue weighted by Gasteiger charge is -2.34. The molecule has 0 unspecified atom stereocenters. The van der Waals surface area contributed by atoms with Gasteiger partial charge < -0.3 is 19.5 Å². The van der Waals surface area contributed by atoms with Crippen molar-refractivity contribution in [3.8, 4) is 0 Å². The van der Waals surface area contributed by atoms with Crippen molar-refractivity contribution in [3.63, 3.8) is 0 Å². The predicted octanol–water partition coefficient (Wildman–Crippen LogP) is 0.667. The Morgan fingerprint density at radius 3 is 2.73 bits per heavy atom. The second kappa shape index (κ2) is 8.09. The van der Waals surface area contributed by atoms with Gasteiger partial charge in [0.05, 0.1) is 6.61 Å². The first-order valence-electron chi connectivity index (χ1n) is 7.73. The highest BCUT2D eigenvalue weighted by Crippen LogP contribution is 2.11. The van der Waals surface area contributed by atoms with Crippen LogP contribution in [-0.4, -0.2) is 72.4 Å². The van der Waals surface area contributed by atoms with E-state index < -0.39 is 0 Å². The maximum atomic E-state index is 12.3. The first-order valence-corrected chi connectivity index (χ1v) is 7.73. The van der Waals surface area contributed by atoms with Crippen molar-refractivity contribution in [2.75, 3.05) is 46.4 Å². The van der Waals surface area contributed by atoms with Gasteiger partial charge >= 0.3 is 6.03 Å². The summed E-state index contributed by atoms with van der Waals surface area (Å²) in [4.78, 5) is 20.6. The van der Waals surface area contributed by atoms with Crippen LogP contribution in [0.1, 0.15) is 31.6 Å². The predicted molar refractivity (Wildman–Crippen MR) is 80.5 cm³/mol. The average molecular weight is 311 g/mol. The van der Waals surface area contributed by atoms with Crippen molar-refractivity contribution >= 4 is 6.03 Å². The molecule has 8 heteroatoms. The van der Waals surface area contributed by atoms with Crippen molar-refractivity contribution in [1.29, 1.82) is 0 Å². The van der Waals surface area contributed by atoms with Crippen LogP contribution in [0.25, 0.3) is 0 Å². The summed E-state index contributed by atoms with van der Waals surface area (Å²) < 4.78 is 10.2. The number of carbonyl (C=O) groups excluding carboxylic acids is 1. The number of aromatic nitrogens is 2. The molecule has 0 spiro atoms. The van der Waals surface area contributed by atoms with E-state index in [9.17, 15) is 4.79 Å². The van der Waals surface area contributed by atoms with Crippen LogP contribution in [0.3, 0.4) is 0 Å². The van der Waals surface area contributed by atoms with E-state index >= 15 is 0 Å². The Bertz CT molecular complexity index is 471. The number of urea groups is 1. The third-order valence-corrected chi connectivity index (χ3v) is 3.78. The zero-order valence-electron chi connectivity index (χ0n) is 13.5. The maximum absolute atomic E-state index is 12.3. The van der Waals surface area contributed by atoms with Crippen LogP contribution < -0.4 is 5.32 Å². The molecule has 1 aliphatic rings. The monoisotopic (exact) mass is 311 g/mol. The van der Waals surface area contributed by atoms with Gasteiger partial charge in [0.15, 0.2) is 5.82 Å². The number of piperazine rings is 1. The molecular weight excluding hydrogens is 286 g/mol. The van der Waals surface area contributed by atoms with E-state index in [1.807, 2.05) is 18.7 Å². The maximum Gasteiger partial charge on any atom is 0.318 e. The molecule has 2 amide bonds. The summed E-state index contributed by atoms with van der Waals surface area (Å²) >= 11 is 0. The third-order valence-electron chi connectivity index (χ3n) is 3.78. The smallest absolute Gasteiger partial charge is 0.318 e. The fourth-order valence-corrected chi connectivity index (χ4v) is 2.32. The quantitative estimate of drug-likeness (QED) is 0.831. The molecule has 0 aromatic carbocycles. The molecule has 22 heavy (non-hydrogen) atoms. The summed E-state index contributed by atoms with van der Waals surface area (Å²) in [6.45, 7) is 8.60. The number of hydrogen-bond donors (Lipinski definition) is 1. The topological polar surface area (TPSA) is 83.7 Å². The molecule has 1 atom stereocenters. The van der Waals surface area contributed by atoms with Gasteiger partial charge in [-0.1, -0.05) is 12.1 Å². The molecule has 2 heterocycles. The molecule has 2 rings (SSSR count). The number of hydrogen-bond acceptors (Lipinski definition) is 6. The van der Waals surface area contributed by atoms with Gasteiger partial charge in [0.1, 0.15) is 6.04 Å². The fourth-order valence-electron chi connectivity index (χ4n) is 2.32. The molecule has 124 valence electrons. The number of aryl methyl sites for hydroxylation is 1. The van der Waals surface area contributed by atoms with Crippen LogP contribution in [0.15, 0.2) is 4.52 Å². The van der Waals surface area contributed by atoms with E-state index in [0.29, 0.717) is 31.2 Å². The fraction of sp³-hybridized carbons (Fsp3) is 0.786. The first-order chi connectivity index (χ1) is 10.6. The molecule has 1 aliphatic heterocycles. The summed E-state index contributed by atoms with van der Waals surface area (Å²) in [5.74, 6) is 1.10. The van der Waals surface area contributed by atoms with Gasteiger partial charge in [-0.15, -0.1) is 0 Å². The van der Waals surface area contributed by atoms with E-state index in [2.05, 4.69) is 20.4 Å². The van der Waals surface area contributed by atoms with Gasteiger partial charge in [0.25, 0.3) is 0 Å². The number of methoxy groups -OCH3 is 1. The van der Waals surface area contributed by atoms with Crippen molar-refractivity contribution in [3.05, 3.63) is 11.7 Å². The van der Waals surface area contributed by atoms with Gasteiger partial charge in [0, 0.05) is 46.3 Å². The lowest BCUT2D eigenvalue weighted by Crippen LogP contribution is -2.52. The van der Waals surface area contributed by atoms with Crippen molar-refractivity contribution in [1.82, 2.24) is 25.3 Å². The molecule has 0 saturated carbocycles. The molecule has 1 saturated heterocycles. The lowest BCUT2D eigenvalue weighted by molar-refractivity contribution is 0.105. The largest absolute Gasteiger partial charge is 0.383 e. The Kier molecular flexibility index (Phi) is 6.14. The van der Waals surface area contributed by atoms with Gasteiger partial charge in [-0.25, -0.2) is 4.79 Å². The highest BCUT2D eigenvalue weighted by molar-refractivity contribution is 5.74. The average Bonchev–Trinajstić information content (AvgIpc) is 3.02. The number of carbonyl (C=O) groups is 1. The van der Waals surface area contributed by atoms with Crippen molar-refractivity contribution < 1.29 is 14.1 Å². The SMILES string of the molecule is CCc1noc([C@H](C)NC(=O)N2CCN(CCOC)CC2)n1. The van der Waals surface area contributed by atoms with Gasteiger partial charge in [-0.2, -0.15) is 4.98 Å². The molecule has 0 bridgehead atoms. The summed E-state index contributed by atoms with van der Waals surface area (Å²) in [5.41, 5.74) is 0. The van der Waals surface area contributed by atoms with Crippen LogP contribution in [0.5, 0.6) is 0 Å². The molecule has 8 nitrogen and oxygen atoms in total. The van der Waals surface area contributed by atoms with Crippen LogP contribution in [-0.2, 0) is 11.2 Å². The van der Waals surface area contributed by atoms with Crippen molar-refractivity contribution in [2.24, 2.45) is 0 Å². The van der Waals surface area contributed by atoms with Crippen LogP contribution in [0.4, 0.5) is 4.79 Å². The normalized spacial score (nSPS) is 17.5. The highest BCUT2D eigenvalue weighted by Gasteiger charge is 2.23. The molecule has 0 radical (unpaired) electrons. The van der Waals surface area contributed by atoms with E-state index in [4.69, 9.17) is 9.26 Å². The minimum Gasteiger partial charge on any atom is -0.383 e. The summed E-state index contributed by atoms with van der Waals surface area (Å²) in [6.07, 6.45) is 0.716. The van der Waals surface area contributed by atoms with Gasteiger partial charge in [0.2, 0.25) is 5.89 Å². The number of amides is 2. The number of nitrogens with one attached hydrogen (secondary N) is 1. The second-order valence-corrected chi connectivity index (χ2v) is 5.40. The van der Waals surface area contributed by atoms with Crippen LogP contribution >= 0.6 is 0 Å². The molecular formula is C14H25N5O3. The zero-order chi connectivity index (χ0) is 15.9. The Morgan fingerprint density at radius 1 is 1.41 bits per heavy atom. The Labute approximate surface area is 130 Å². The van der Waals surface area contributed by atoms with E-state index in [-0.39, 0.29) is 12.1 Å². The van der Waals surface area contributed by atoms with Crippen molar-refractivity contribution in [2.45, 2.75) is 26.3 Å². The number of nitrogens with zero attached hydrogens (tertiary/aromatic N) is 4. The lowest BCUT2D eigenvalue weighted by atomic mass is 10.3. The van der Waals surface area contributed by atoms with E-state index in [1.165, 1.54) is 0 Å².